The zero-order valence-electron chi connectivity index (χ0n) is 20.7. The lowest BCUT2D eigenvalue weighted by molar-refractivity contribution is 0.103. The fraction of sp³-hybridized carbons (Fsp3) is 0.483. The van der Waals surface area contributed by atoms with E-state index in [4.69, 9.17) is 9.15 Å². The van der Waals surface area contributed by atoms with Crippen molar-refractivity contribution in [1.82, 2.24) is 4.90 Å². The van der Waals surface area contributed by atoms with Crippen LogP contribution in [-0.2, 0) is 0 Å². The molecule has 178 valence electrons. The first-order valence-electron chi connectivity index (χ1n) is 12.6. The Hall–Kier alpha value is -2.59. The zero-order valence-corrected chi connectivity index (χ0v) is 20.7. The Morgan fingerprint density at radius 1 is 0.909 bits per heavy atom. The van der Waals surface area contributed by atoms with Crippen LogP contribution >= 0.6 is 0 Å². The van der Waals surface area contributed by atoms with E-state index in [-0.39, 0.29) is 11.7 Å². The van der Waals surface area contributed by atoms with Gasteiger partial charge in [-0.2, -0.15) is 0 Å². The molecule has 0 atom stereocenters. The maximum absolute atomic E-state index is 13.4. The molecule has 0 saturated heterocycles. The predicted molar refractivity (Wildman–Crippen MR) is 137 cm³/mol. The maximum Gasteiger partial charge on any atom is 0.197 e. The Bertz CT molecular complexity index is 995. The number of fused-ring (bicyclic) bond motifs is 1. The van der Waals surface area contributed by atoms with Gasteiger partial charge in [-0.15, -0.1) is 0 Å². The van der Waals surface area contributed by atoms with Gasteiger partial charge < -0.3 is 14.1 Å². The summed E-state index contributed by atoms with van der Waals surface area (Å²) in [6, 6.07) is 15.3. The quantitative estimate of drug-likeness (QED) is 0.189. The third-order valence-corrected chi connectivity index (χ3v) is 6.03. The van der Waals surface area contributed by atoms with Gasteiger partial charge in [-0.05, 0) is 62.7 Å². The van der Waals surface area contributed by atoms with Gasteiger partial charge in [0, 0.05) is 23.4 Å². The molecule has 0 unspecified atom stereocenters. The molecule has 0 aliphatic carbocycles. The van der Waals surface area contributed by atoms with Gasteiger partial charge in [-0.3, -0.25) is 4.79 Å². The Balaban J connectivity index is 1.60. The van der Waals surface area contributed by atoms with Crippen LogP contribution in [0.15, 0.2) is 52.9 Å². The number of ether oxygens (including phenoxy) is 1. The van der Waals surface area contributed by atoms with Gasteiger partial charge in [0.05, 0.1) is 12.2 Å². The molecule has 0 bridgehead atoms. The highest BCUT2D eigenvalue weighted by Crippen LogP contribution is 2.32. The second-order valence-corrected chi connectivity index (χ2v) is 9.10. The van der Waals surface area contributed by atoms with E-state index in [1.54, 1.807) is 0 Å². The number of furan rings is 1. The number of hydrogen-bond acceptors (Lipinski definition) is 4. The molecule has 4 nitrogen and oxygen atoms in total. The Morgan fingerprint density at radius 2 is 1.55 bits per heavy atom. The van der Waals surface area contributed by atoms with E-state index in [9.17, 15) is 4.79 Å². The summed E-state index contributed by atoms with van der Waals surface area (Å²) in [7, 11) is 0. The van der Waals surface area contributed by atoms with Crippen molar-refractivity contribution in [3.63, 3.8) is 0 Å². The molecule has 4 heteroatoms. The molecule has 0 amide bonds. The van der Waals surface area contributed by atoms with E-state index in [0.29, 0.717) is 17.7 Å². The largest absolute Gasteiger partial charge is 0.494 e. The van der Waals surface area contributed by atoms with Crippen LogP contribution in [0.25, 0.3) is 11.0 Å². The molecule has 3 rings (SSSR count). The van der Waals surface area contributed by atoms with Crippen molar-refractivity contribution >= 4 is 16.8 Å². The smallest absolute Gasteiger partial charge is 0.197 e. The highest BCUT2D eigenvalue weighted by atomic mass is 16.5. The van der Waals surface area contributed by atoms with Gasteiger partial charge in [-0.25, -0.2) is 0 Å². The number of unbranched alkanes of at least 4 members (excludes halogenated alkanes) is 2. The first kappa shape index (κ1) is 25.0. The molecule has 0 spiro atoms. The molecule has 33 heavy (non-hydrogen) atoms. The van der Waals surface area contributed by atoms with E-state index in [0.717, 1.165) is 35.4 Å². The Labute approximate surface area is 198 Å². The number of benzene rings is 2. The zero-order chi connectivity index (χ0) is 23.6. The van der Waals surface area contributed by atoms with Crippen LogP contribution in [0.2, 0.25) is 0 Å². The maximum atomic E-state index is 13.4. The van der Waals surface area contributed by atoms with Gasteiger partial charge in [0.25, 0.3) is 0 Å². The molecule has 0 N–H and O–H groups in total. The van der Waals surface area contributed by atoms with Gasteiger partial charge in [0.1, 0.15) is 17.1 Å². The summed E-state index contributed by atoms with van der Waals surface area (Å²) < 4.78 is 12.0. The molecule has 1 heterocycles. The van der Waals surface area contributed by atoms with Crippen molar-refractivity contribution in [2.45, 2.75) is 65.7 Å². The van der Waals surface area contributed by atoms with Gasteiger partial charge in [0.2, 0.25) is 0 Å². The summed E-state index contributed by atoms with van der Waals surface area (Å²) in [5.74, 6) is 1.68. The van der Waals surface area contributed by atoms with Crippen LogP contribution in [0.3, 0.4) is 0 Å². The average Bonchev–Trinajstić information content (AvgIpc) is 3.23. The summed E-state index contributed by atoms with van der Waals surface area (Å²) in [5.41, 5.74) is 2.09. The number of carbonyl (C=O) groups excluding carboxylic acids is 1. The van der Waals surface area contributed by atoms with Gasteiger partial charge in [-0.1, -0.05) is 58.7 Å². The molecule has 0 aliphatic rings. The van der Waals surface area contributed by atoms with E-state index >= 15 is 0 Å². The molecule has 0 fully saturated rings. The third kappa shape index (κ3) is 6.70. The number of para-hydroxylation sites is 1. The number of ketones is 1. The van der Waals surface area contributed by atoms with Crippen molar-refractivity contribution in [2.24, 2.45) is 0 Å². The lowest BCUT2D eigenvalue weighted by Crippen LogP contribution is -2.28. The number of nitrogens with zero attached hydrogens (tertiary/aromatic N) is 1. The van der Waals surface area contributed by atoms with Crippen molar-refractivity contribution in [2.75, 3.05) is 26.2 Å². The van der Waals surface area contributed by atoms with E-state index in [1.807, 2.05) is 48.5 Å². The number of hydrogen-bond donors (Lipinski definition) is 0. The fourth-order valence-corrected chi connectivity index (χ4v) is 4.13. The van der Waals surface area contributed by atoms with Crippen LogP contribution in [0.1, 0.15) is 87.4 Å². The van der Waals surface area contributed by atoms with Crippen LogP contribution in [0.4, 0.5) is 0 Å². The summed E-state index contributed by atoms with van der Waals surface area (Å²) in [6.45, 7) is 12.7. The second kappa shape index (κ2) is 12.6. The van der Waals surface area contributed by atoms with Gasteiger partial charge >= 0.3 is 0 Å². The van der Waals surface area contributed by atoms with E-state index in [1.165, 1.54) is 38.8 Å². The lowest BCUT2D eigenvalue weighted by atomic mass is 9.96. The molecule has 0 radical (unpaired) electrons. The van der Waals surface area contributed by atoms with E-state index < -0.39 is 0 Å². The van der Waals surface area contributed by atoms with Crippen molar-refractivity contribution in [1.29, 1.82) is 0 Å². The van der Waals surface area contributed by atoms with Crippen LogP contribution in [0, 0.1) is 0 Å². The molecular weight excluding hydrogens is 410 g/mol. The summed E-state index contributed by atoms with van der Waals surface area (Å²) in [6.07, 6.45) is 5.98. The Kier molecular flexibility index (Phi) is 9.56. The first-order chi connectivity index (χ1) is 16.0. The SMILES string of the molecule is CCCCN(CCCC)CCCOc1ccc(C(=O)c2c(C(C)C)oc3ccccc23)cc1. The van der Waals surface area contributed by atoms with Crippen LogP contribution in [0.5, 0.6) is 5.75 Å². The molecule has 3 aromatic rings. The molecule has 1 aromatic heterocycles. The topological polar surface area (TPSA) is 42.7 Å². The summed E-state index contributed by atoms with van der Waals surface area (Å²) in [5, 5.41) is 0.877. The minimum Gasteiger partial charge on any atom is -0.494 e. The Morgan fingerprint density at radius 3 is 2.18 bits per heavy atom. The van der Waals surface area contributed by atoms with Crippen molar-refractivity contribution < 1.29 is 13.9 Å². The first-order valence-corrected chi connectivity index (χ1v) is 12.6. The predicted octanol–water partition coefficient (Wildman–Crippen LogP) is 7.46. The molecule has 0 saturated carbocycles. The standard InChI is InChI=1S/C29H39NO3/c1-5-7-18-30(19-8-6-2)20-11-21-32-24-16-14-23(15-17-24)28(31)27-25-12-9-10-13-26(25)33-29(27)22(3)4/h9-10,12-17,22H,5-8,11,18-21H2,1-4H3. The minimum absolute atomic E-state index is 0.00214. The summed E-state index contributed by atoms with van der Waals surface area (Å²) in [4.78, 5) is 15.9. The van der Waals surface area contributed by atoms with Crippen molar-refractivity contribution in [3.05, 3.63) is 65.4 Å². The van der Waals surface area contributed by atoms with Crippen LogP contribution in [-0.4, -0.2) is 36.9 Å². The third-order valence-electron chi connectivity index (χ3n) is 6.03. The monoisotopic (exact) mass is 449 g/mol. The molecule has 2 aromatic carbocycles. The highest BCUT2D eigenvalue weighted by molar-refractivity contribution is 6.17. The average molecular weight is 450 g/mol. The number of carbonyl (C=O) groups is 1. The lowest BCUT2D eigenvalue weighted by Gasteiger charge is -2.21. The van der Waals surface area contributed by atoms with E-state index in [2.05, 4.69) is 32.6 Å². The summed E-state index contributed by atoms with van der Waals surface area (Å²) >= 11 is 0. The van der Waals surface area contributed by atoms with Crippen molar-refractivity contribution in [3.8, 4) is 5.75 Å². The number of rotatable bonds is 14. The van der Waals surface area contributed by atoms with Gasteiger partial charge in [0.15, 0.2) is 5.78 Å². The second-order valence-electron chi connectivity index (χ2n) is 9.10. The van der Waals surface area contributed by atoms with Crippen LogP contribution < -0.4 is 4.74 Å². The molecular formula is C29H39NO3. The normalized spacial score (nSPS) is 11.6. The fourth-order valence-electron chi connectivity index (χ4n) is 4.13. The highest BCUT2D eigenvalue weighted by Gasteiger charge is 2.23. The molecule has 0 aliphatic heterocycles. The minimum atomic E-state index is -0.00214.